The fourth-order valence-corrected chi connectivity index (χ4v) is 2.03. The van der Waals surface area contributed by atoms with Crippen molar-refractivity contribution >= 4 is 12.2 Å². The van der Waals surface area contributed by atoms with E-state index in [9.17, 15) is 4.79 Å². The quantitative estimate of drug-likeness (QED) is 0.603. The van der Waals surface area contributed by atoms with Crippen molar-refractivity contribution in [1.82, 2.24) is 4.90 Å². The lowest BCUT2D eigenvalue weighted by Crippen LogP contribution is -2.51. The topological polar surface area (TPSA) is 41.9 Å². The van der Waals surface area contributed by atoms with Crippen molar-refractivity contribution in [2.45, 2.75) is 44.7 Å². The van der Waals surface area contributed by atoms with Crippen LogP contribution in [0.1, 0.15) is 33.6 Å². The van der Waals surface area contributed by atoms with Crippen LogP contribution in [0.5, 0.6) is 0 Å². The van der Waals surface area contributed by atoms with E-state index in [1.165, 1.54) is 0 Å². The molecule has 15 heavy (non-hydrogen) atoms. The van der Waals surface area contributed by atoms with Crippen LogP contribution in [-0.4, -0.2) is 41.4 Å². The summed E-state index contributed by atoms with van der Waals surface area (Å²) in [6.07, 6.45) is 3.14. The van der Waals surface area contributed by atoms with E-state index in [4.69, 9.17) is 4.74 Å². The second kappa shape index (κ2) is 3.30. The summed E-state index contributed by atoms with van der Waals surface area (Å²) in [6, 6.07) is 0. The summed E-state index contributed by atoms with van der Waals surface area (Å²) >= 11 is 0. The molecule has 0 aromatic heterocycles. The number of carbonyl (C=O) groups is 1. The number of nitrogens with zero attached hydrogens (tertiary/aromatic N) is 2. The fraction of sp³-hybridized carbons (Fsp3) is 0.818. The van der Waals surface area contributed by atoms with E-state index in [1.54, 1.807) is 11.2 Å². The highest BCUT2D eigenvalue weighted by Gasteiger charge is 2.48. The third-order valence-corrected chi connectivity index (χ3v) is 3.08. The Morgan fingerprint density at radius 3 is 2.47 bits per heavy atom. The van der Waals surface area contributed by atoms with Gasteiger partial charge in [0.2, 0.25) is 0 Å². The van der Waals surface area contributed by atoms with Gasteiger partial charge in [-0.2, -0.15) is 0 Å². The number of amides is 1. The van der Waals surface area contributed by atoms with E-state index in [0.29, 0.717) is 13.2 Å². The molecule has 2 aliphatic heterocycles. The van der Waals surface area contributed by atoms with Crippen LogP contribution in [0.25, 0.3) is 0 Å². The molecule has 1 fully saturated rings. The highest BCUT2D eigenvalue weighted by atomic mass is 16.5. The van der Waals surface area contributed by atoms with Gasteiger partial charge in [-0.3, -0.25) is 14.7 Å². The maximum absolute atomic E-state index is 12.3. The van der Waals surface area contributed by atoms with Crippen molar-refractivity contribution in [2.75, 3.05) is 13.2 Å². The zero-order valence-corrected chi connectivity index (χ0v) is 9.62. The Morgan fingerprint density at radius 1 is 1.40 bits per heavy atom. The second-order valence-electron chi connectivity index (χ2n) is 5.23. The SMILES string of the molecule is CC(C)(C)N1C=NC2(CCOCC2)C1=O. The Hall–Kier alpha value is -0.900. The molecule has 0 N–H and O–H groups in total. The minimum atomic E-state index is -0.508. The standard InChI is InChI=1S/C11H18N2O2/c1-10(2,3)13-8-12-11(9(13)14)4-6-15-7-5-11/h8H,4-7H2,1-3H3. The van der Waals surface area contributed by atoms with Crippen molar-refractivity contribution in [1.29, 1.82) is 0 Å². The highest BCUT2D eigenvalue weighted by molar-refractivity contribution is 6.00. The van der Waals surface area contributed by atoms with Crippen LogP contribution >= 0.6 is 0 Å². The van der Waals surface area contributed by atoms with Crippen LogP contribution < -0.4 is 0 Å². The molecule has 0 aromatic carbocycles. The van der Waals surface area contributed by atoms with Gasteiger partial charge >= 0.3 is 0 Å². The molecule has 1 amide bonds. The first-order valence-electron chi connectivity index (χ1n) is 5.43. The summed E-state index contributed by atoms with van der Waals surface area (Å²) in [4.78, 5) is 18.4. The van der Waals surface area contributed by atoms with Gasteiger partial charge in [0.1, 0.15) is 5.54 Å². The van der Waals surface area contributed by atoms with Gasteiger partial charge < -0.3 is 4.74 Å². The minimum absolute atomic E-state index is 0.137. The van der Waals surface area contributed by atoms with E-state index in [1.807, 2.05) is 20.8 Å². The number of hydrogen-bond donors (Lipinski definition) is 0. The fourth-order valence-electron chi connectivity index (χ4n) is 2.03. The molecule has 84 valence electrons. The molecule has 4 nitrogen and oxygen atoms in total. The van der Waals surface area contributed by atoms with Crippen LogP contribution in [0.3, 0.4) is 0 Å². The largest absolute Gasteiger partial charge is 0.381 e. The molecule has 2 rings (SSSR count). The Morgan fingerprint density at radius 2 is 2.00 bits per heavy atom. The van der Waals surface area contributed by atoms with Gasteiger partial charge in [-0.1, -0.05) is 0 Å². The lowest BCUT2D eigenvalue weighted by atomic mass is 9.89. The van der Waals surface area contributed by atoms with Crippen molar-refractivity contribution in [2.24, 2.45) is 4.99 Å². The van der Waals surface area contributed by atoms with Gasteiger partial charge in [-0.05, 0) is 20.8 Å². The molecule has 0 saturated carbocycles. The Balaban J connectivity index is 2.20. The van der Waals surface area contributed by atoms with Crippen LogP contribution in [0.15, 0.2) is 4.99 Å². The maximum atomic E-state index is 12.3. The summed E-state index contributed by atoms with van der Waals surface area (Å²) in [5.41, 5.74) is -0.687. The second-order valence-corrected chi connectivity index (χ2v) is 5.23. The third kappa shape index (κ3) is 1.67. The molecule has 0 radical (unpaired) electrons. The molecule has 0 bridgehead atoms. The molecule has 2 aliphatic rings. The normalized spacial score (nSPS) is 25.3. The predicted octanol–water partition coefficient (Wildman–Crippen LogP) is 1.20. The molecule has 0 aromatic rings. The predicted molar refractivity (Wildman–Crippen MR) is 57.9 cm³/mol. The van der Waals surface area contributed by atoms with Gasteiger partial charge in [0.05, 0.1) is 6.34 Å². The van der Waals surface area contributed by atoms with Crippen molar-refractivity contribution < 1.29 is 9.53 Å². The first-order valence-corrected chi connectivity index (χ1v) is 5.43. The van der Waals surface area contributed by atoms with Crippen LogP contribution in [-0.2, 0) is 9.53 Å². The number of aliphatic imine (C=N–C) groups is 1. The van der Waals surface area contributed by atoms with Crippen molar-refractivity contribution in [3.63, 3.8) is 0 Å². The summed E-state index contributed by atoms with van der Waals surface area (Å²) in [5.74, 6) is 0.137. The monoisotopic (exact) mass is 210 g/mol. The van der Waals surface area contributed by atoms with Crippen molar-refractivity contribution in [3.8, 4) is 0 Å². The average molecular weight is 210 g/mol. The van der Waals surface area contributed by atoms with Crippen molar-refractivity contribution in [3.05, 3.63) is 0 Å². The first kappa shape index (κ1) is 10.6. The van der Waals surface area contributed by atoms with E-state index in [2.05, 4.69) is 4.99 Å². The Kier molecular flexibility index (Phi) is 2.34. The Bertz CT molecular complexity index is 298. The average Bonchev–Trinajstić information content (AvgIpc) is 2.45. The Labute approximate surface area is 90.3 Å². The zero-order valence-electron chi connectivity index (χ0n) is 9.62. The van der Waals surface area contributed by atoms with Crippen LogP contribution in [0.2, 0.25) is 0 Å². The van der Waals surface area contributed by atoms with Crippen LogP contribution in [0.4, 0.5) is 0 Å². The van der Waals surface area contributed by atoms with Gasteiger partial charge in [-0.15, -0.1) is 0 Å². The van der Waals surface area contributed by atoms with Crippen LogP contribution in [0, 0.1) is 0 Å². The van der Waals surface area contributed by atoms with E-state index in [-0.39, 0.29) is 11.4 Å². The maximum Gasteiger partial charge on any atom is 0.256 e. The molecule has 1 saturated heterocycles. The summed E-state index contributed by atoms with van der Waals surface area (Å²) < 4.78 is 5.28. The molecular formula is C11H18N2O2. The molecule has 2 heterocycles. The highest BCUT2D eigenvalue weighted by Crippen LogP contribution is 2.33. The molecule has 0 atom stereocenters. The van der Waals surface area contributed by atoms with E-state index < -0.39 is 5.54 Å². The molecular weight excluding hydrogens is 192 g/mol. The first-order chi connectivity index (χ1) is 6.96. The summed E-state index contributed by atoms with van der Waals surface area (Å²) in [7, 11) is 0. The molecule has 0 unspecified atom stereocenters. The number of rotatable bonds is 0. The molecule has 1 spiro atoms. The lowest BCUT2D eigenvalue weighted by Gasteiger charge is -2.34. The number of ether oxygens (including phenoxy) is 1. The van der Waals surface area contributed by atoms with Gasteiger partial charge in [-0.25, -0.2) is 0 Å². The lowest BCUT2D eigenvalue weighted by molar-refractivity contribution is -0.137. The zero-order chi connectivity index (χ0) is 11.1. The smallest absolute Gasteiger partial charge is 0.256 e. The number of carbonyl (C=O) groups excluding carboxylic acids is 1. The molecule has 0 aliphatic carbocycles. The van der Waals surface area contributed by atoms with Gasteiger partial charge in [0.25, 0.3) is 5.91 Å². The summed E-state index contributed by atoms with van der Waals surface area (Å²) in [5, 5.41) is 0. The van der Waals surface area contributed by atoms with Gasteiger partial charge in [0, 0.05) is 31.6 Å². The molecule has 4 heteroatoms. The van der Waals surface area contributed by atoms with Gasteiger partial charge in [0.15, 0.2) is 0 Å². The number of hydrogen-bond acceptors (Lipinski definition) is 3. The van der Waals surface area contributed by atoms with E-state index in [0.717, 1.165) is 12.8 Å². The third-order valence-electron chi connectivity index (χ3n) is 3.08. The summed E-state index contributed by atoms with van der Waals surface area (Å²) in [6.45, 7) is 7.35. The minimum Gasteiger partial charge on any atom is -0.381 e. The van der Waals surface area contributed by atoms with E-state index >= 15 is 0 Å².